The van der Waals surface area contributed by atoms with Crippen molar-refractivity contribution in [3.05, 3.63) is 0 Å². The van der Waals surface area contributed by atoms with Crippen LogP contribution in [-0.2, 0) is 9.53 Å². The zero-order valence-electron chi connectivity index (χ0n) is 10.3. The van der Waals surface area contributed by atoms with Gasteiger partial charge >= 0.3 is 0 Å². The van der Waals surface area contributed by atoms with Crippen LogP contribution in [0.25, 0.3) is 0 Å². The lowest BCUT2D eigenvalue weighted by Crippen LogP contribution is -2.45. The molecule has 0 bridgehead atoms. The number of halogens is 1. The molecule has 0 spiro atoms. The number of ether oxygens (including phenoxy) is 1. The van der Waals surface area contributed by atoms with E-state index in [1.54, 1.807) is 7.05 Å². The maximum Gasteiger partial charge on any atom is 0.234 e. The number of rotatable bonds is 4. The van der Waals surface area contributed by atoms with Gasteiger partial charge in [-0.1, -0.05) is 13.8 Å². The van der Waals surface area contributed by atoms with Gasteiger partial charge in [-0.25, -0.2) is 0 Å². The van der Waals surface area contributed by atoms with Crippen LogP contribution >= 0.6 is 12.4 Å². The van der Waals surface area contributed by atoms with Gasteiger partial charge in [-0.15, -0.1) is 12.4 Å². The lowest BCUT2D eigenvalue weighted by atomic mass is 9.95. The molecule has 0 aromatic heterocycles. The Labute approximate surface area is 104 Å². The van der Waals surface area contributed by atoms with Gasteiger partial charge in [-0.05, 0) is 25.8 Å². The molecule has 1 fully saturated rings. The van der Waals surface area contributed by atoms with Crippen LogP contribution in [0.2, 0.25) is 0 Å². The minimum Gasteiger partial charge on any atom is -0.378 e. The molecule has 96 valence electrons. The van der Waals surface area contributed by atoms with Gasteiger partial charge in [0.25, 0.3) is 0 Å². The normalized spacial score (nSPS) is 25.0. The van der Waals surface area contributed by atoms with Crippen molar-refractivity contribution in [2.45, 2.75) is 38.8 Å². The maximum atomic E-state index is 11.4. The number of carbonyl (C=O) groups excluding carboxylic acids is 1. The first-order chi connectivity index (χ1) is 7.13. The smallest absolute Gasteiger partial charge is 0.234 e. The van der Waals surface area contributed by atoms with E-state index in [4.69, 9.17) is 4.74 Å². The monoisotopic (exact) mass is 250 g/mol. The molecule has 1 saturated heterocycles. The van der Waals surface area contributed by atoms with E-state index >= 15 is 0 Å². The summed E-state index contributed by atoms with van der Waals surface area (Å²) in [7, 11) is 1.78. The Kier molecular flexibility index (Phi) is 7.72. The highest BCUT2D eigenvalue weighted by atomic mass is 35.5. The van der Waals surface area contributed by atoms with Gasteiger partial charge in [-0.3, -0.25) is 4.79 Å². The molecule has 1 rings (SSSR count). The van der Waals surface area contributed by atoms with E-state index in [0.29, 0.717) is 18.6 Å². The zero-order valence-corrected chi connectivity index (χ0v) is 11.1. The third-order valence-electron chi connectivity index (χ3n) is 2.76. The van der Waals surface area contributed by atoms with Gasteiger partial charge in [0, 0.05) is 12.6 Å². The molecule has 0 aromatic carbocycles. The van der Waals surface area contributed by atoms with E-state index in [2.05, 4.69) is 24.5 Å². The average Bonchev–Trinajstić information content (AvgIpc) is 2.18. The lowest BCUT2D eigenvalue weighted by Gasteiger charge is -2.32. The Bertz CT molecular complexity index is 212. The zero-order chi connectivity index (χ0) is 11.3. The van der Waals surface area contributed by atoms with E-state index in [1.807, 2.05) is 0 Å². The van der Waals surface area contributed by atoms with Crippen LogP contribution in [0.1, 0.15) is 26.7 Å². The van der Waals surface area contributed by atoms with E-state index < -0.39 is 0 Å². The molecule has 1 aliphatic heterocycles. The number of amides is 1. The summed E-state index contributed by atoms with van der Waals surface area (Å²) >= 11 is 0. The topological polar surface area (TPSA) is 50.4 Å². The Hall–Kier alpha value is -0.320. The SMILES string of the molecule is CNCC(=O)NC1CCOC(C(C)C)C1.Cl. The van der Waals surface area contributed by atoms with Crippen LogP contribution in [0.3, 0.4) is 0 Å². The molecule has 4 nitrogen and oxygen atoms in total. The summed E-state index contributed by atoms with van der Waals surface area (Å²) in [6, 6.07) is 0.284. The molecule has 2 N–H and O–H groups in total. The quantitative estimate of drug-likeness (QED) is 0.781. The Morgan fingerprint density at radius 1 is 1.50 bits per heavy atom. The van der Waals surface area contributed by atoms with Gasteiger partial charge in [0.2, 0.25) is 5.91 Å². The average molecular weight is 251 g/mol. The number of carbonyl (C=O) groups is 1. The predicted molar refractivity (Wildman–Crippen MR) is 66.9 cm³/mol. The number of likely N-dealkylation sites (N-methyl/N-ethyl adjacent to an activating group) is 1. The number of hydrogen-bond acceptors (Lipinski definition) is 3. The molecule has 2 atom stereocenters. The molecule has 0 radical (unpaired) electrons. The fourth-order valence-corrected chi connectivity index (χ4v) is 1.86. The molecule has 0 aliphatic carbocycles. The van der Waals surface area contributed by atoms with Crippen molar-refractivity contribution in [3.8, 4) is 0 Å². The molecule has 16 heavy (non-hydrogen) atoms. The maximum absolute atomic E-state index is 11.4. The summed E-state index contributed by atoms with van der Waals surface area (Å²) in [5.41, 5.74) is 0. The van der Waals surface area contributed by atoms with Crippen molar-refractivity contribution in [3.63, 3.8) is 0 Å². The summed E-state index contributed by atoms with van der Waals surface area (Å²) in [5, 5.41) is 5.87. The van der Waals surface area contributed by atoms with Crippen molar-refractivity contribution in [1.29, 1.82) is 0 Å². The Morgan fingerprint density at radius 2 is 2.19 bits per heavy atom. The first-order valence-corrected chi connectivity index (χ1v) is 5.69. The van der Waals surface area contributed by atoms with Crippen LogP contribution in [0.15, 0.2) is 0 Å². The van der Waals surface area contributed by atoms with Gasteiger partial charge in [0.05, 0.1) is 12.6 Å². The minimum atomic E-state index is 0. The van der Waals surface area contributed by atoms with Gasteiger partial charge in [0.1, 0.15) is 0 Å². The van der Waals surface area contributed by atoms with Crippen LogP contribution in [0.5, 0.6) is 0 Å². The molecule has 2 unspecified atom stereocenters. The van der Waals surface area contributed by atoms with E-state index in [9.17, 15) is 4.79 Å². The van der Waals surface area contributed by atoms with Crippen molar-refractivity contribution in [1.82, 2.24) is 10.6 Å². The highest BCUT2D eigenvalue weighted by Crippen LogP contribution is 2.19. The van der Waals surface area contributed by atoms with E-state index in [1.165, 1.54) is 0 Å². The molecular weight excluding hydrogens is 228 g/mol. The second-order valence-electron chi connectivity index (χ2n) is 4.47. The minimum absolute atomic E-state index is 0. The van der Waals surface area contributed by atoms with Gasteiger partial charge in [0.15, 0.2) is 0 Å². The largest absolute Gasteiger partial charge is 0.378 e. The van der Waals surface area contributed by atoms with Gasteiger partial charge in [-0.2, -0.15) is 0 Å². The fraction of sp³-hybridized carbons (Fsp3) is 0.909. The first kappa shape index (κ1) is 15.7. The van der Waals surface area contributed by atoms with Crippen molar-refractivity contribution < 1.29 is 9.53 Å². The summed E-state index contributed by atoms with van der Waals surface area (Å²) in [4.78, 5) is 11.4. The van der Waals surface area contributed by atoms with Crippen molar-refractivity contribution >= 4 is 18.3 Å². The second-order valence-corrected chi connectivity index (χ2v) is 4.47. The summed E-state index contributed by atoms with van der Waals surface area (Å²) in [6.07, 6.45) is 2.16. The molecule has 0 saturated carbocycles. The molecule has 1 amide bonds. The summed E-state index contributed by atoms with van der Waals surface area (Å²) in [6.45, 7) is 5.46. The van der Waals surface area contributed by atoms with Crippen molar-refractivity contribution in [2.75, 3.05) is 20.2 Å². The van der Waals surface area contributed by atoms with E-state index in [-0.39, 0.29) is 24.4 Å². The third-order valence-corrected chi connectivity index (χ3v) is 2.76. The first-order valence-electron chi connectivity index (χ1n) is 5.69. The second kappa shape index (κ2) is 7.87. The molecule has 1 aliphatic rings. The van der Waals surface area contributed by atoms with Crippen LogP contribution < -0.4 is 10.6 Å². The van der Waals surface area contributed by atoms with Crippen LogP contribution in [-0.4, -0.2) is 38.3 Å². The molecule has 1 heterocycles. The van der Waals surface area contributed by atoms with Crippen molar-refractivity contribution in [2.24, 2.45) is 5.92 Å². The molecular formula is C11H23ClN2O2. The summed E-state index contributed by atoms with van der Waals surface area (Å²) < 4.78 is 5.64. The van der Waals surface area contributed by atoms with E-state index in [0.717, 1.165) is 19.4 Å². The highest BCUT2D eigenvalue weighted by molar-refractivity contribution is 5.85. The third kappa shape index (κ3) is 5.14. The highest BCUT2D eigenvalue weighted by Gasteiger charge is 2.25. The fourth-order valence-electron chi connectivity index (χ4n) is 1.86. The Balaban J connectivity index is 0.00000225. The molecule has 5 heteroatoms. The van der Waals surface area contributed by atoms with Crippen LogP contribution in [0.4, 0.5) is 0 Å². The number of hydrogen-bond donors (Lipinski definition) is 2. The van der Waals surface area contributed by atoms with Crippen LogP contribution in [0, 0.1) is 5.92 Å². The number of nitrogens with one attached hydrogen (secondary N) is 2. The summed E-state index contributed by atoms with van der Waals surface area (Å²) in [5.74, 6) is 0.598. The lowest BCUT2D eigenvalue weighted by molar-refractivity contribution is -0.122. The predicted octanol–water partition coefficient (Wildman–Crippen LogP) is 0.947. The standard InChI is InChI=1S/C11H22N2O2.ClH/c1-8(2)10-6-9(4-5-15-10)13-11(14)7-12-3;/h8-10,12H,4-7H2,1-3H3,(H,13,14);1H. The van der Waals surface area contributed by atoms with Gasteiger partial charge < -0.3 is 15.4 Å². The Morgan fingerprint density at radius 3 is 2.75 bits per heavy atom. The molecule has 0 aromatic rings.